The predicted octanol–water partition coefficient (Wildman–Crippen LogP) is 3.22. The Morgan fingerprint density at radius 3 is 2.27 bits per heavy atom. The fraction of sp³-hybridized carbons (Fsp3) is 1.00. The minimum atomic E-state index is 0.522. The lowest BCUT2D eigenvalue weighted by molar-refractivity contribution is 0.0774. The minimum Gasteiger partial charge on any atom is -0.380 e. The highest BCUT2D eigenvalue weighted by molar-refractivity contribution is 4.61. The largest absolute Gasteiger partial charge is 0.380 e. The summed E-state index contributed by atoms with van der Waals surface area (Å²) in [5, 5.41) is 3.26. The van der Waals surface area contributed by atoms with E-state index in [2.05, 4.69) is 26.1 Å². The van der Waals surface area contributed by atoms with Crippen molar-refractivity contribution in [2.45, 2.75) is 58.9 Å². The summed E-state index contributed by atoms with van der Waals surface area (Å²) in [7, 11) is 2.01. The Balaban J connectivity index is 3.52. The van der Waals surface area contributed by atoms with Gasteiger partial charge in [-0.25, -0.2) is 0 Å². The minimum absolute atomic E-state index is 0.522. The van der Waals surface area contributed by atoms with Crippen LogP contribution >= 0.6 is 0 Å². The Labute approximate surface area is 95.8 Å². The fourth-order valence-electron chi connectivity index (χ4n) is 1.68. The lowest BCUT2D eigenvalue weighted by Crippen LogP contribution is -2.30. The van der Waals surface area contributed by atoms with Crippen LogP contribution in [0.2, 0.25) is 0 Å². The summed E-state index contributed by atoms with van der Waals surface area (Å²) in [5.41, 5.74) is 0. The molecular weight excluding hydrogens is 186 g/mol. The summed E-state index contributed by atoms with van der Waals surface area (Å²) in [4.78, 5) is 0. The van der Waals surface area contributed by atoms with E-state index in [4.69, 9.17) is 4.74 Å². The van der Waals surface area contributed by atoms with Gasteiger partial charge in [0.1, 0.15) is 0 Å². The summed E-state index contributed by atoms with van der Waals surface area (Å²) in [5.74, 6) is 0.763. The molecule has 0 radical (unpaired) electrons. The molecule has 2 atom stereocenters. The van der Waals surface area contributed by atoms with E-state index in [-0.39, 0.29) is 0 Å². The van der Waals surface area contributed by atoms with Crippen LogP contribution in [-0.2, 0) is 4.74 Å². The summed E-state index contributed by atoms with van der Waals surface area (Å²) < 4.78 is 5.77. The zero-order chi connectivity index (χ0) is 11.5. The monoisotopic (exact) mass is 215 g/mol. The molecule has 1 N–H and O–H groups in total. The Morgan fingerprint density at radius 2 is 1.80 bits per heavy atom. The molecule has 0 fully saturated rings. The van der Waals surface area contributed by atoms with Gasteiger partial charge in [0.15, 0.2) is 0 Å². The van der Waals surface area contributed by atoms with Crippen LogP contribution in [-0.4, -0.2) is 26.3 Å². The van der Waals surface area contributed by atoms with Crippen molar-refractivity contribution >= 4 is 0 Å². The Bertz CT molecular complexity index is 124. The van der Waals surface area contributed by atoms with E-state index in [1.165, 1.54) is 25.7 Å². The average molecular weight is 215 g/mol. The Kier molecular flexibility index (Phi) is 10.4. The van der Waals surface area contributed by atoms with Gasteiger partial charge in [-0.05, 0) is 25.8 Å². The molecule has 0 aliphatic heterocycles. The molecule has 0 bridgehead atoms. The van der Waals surface area contributed by atoms with Crippen molar-refractivity contribution in [2.75, 3.05) is 20.3 Å². The van der Waals surface area contributed by atoms with Gasteiger partial charge in [-0.1, -0.05) is 40.0 Å². The first-order chi connectivity index (χ1) is 7.28. The van der Waals surface area contributed by atoms with E-state index < -0.39 is 0 Å². The van der Waals surface area contributed by atoms with Gasteiger partial charge in [-0.2, -0.15) is 0 Å². The lowest BCUT2D eigenvalue weighted by atomic mass is 10.0. The maximum Gasteiger partial charge on any atom is 0.0619 e. The van der Waals surface area contributed by atoms with E-state index in [1.807, 2.05) is 7.05 Å². The molecule has 0 aromatic rings. The van der Waals surface area contributed by atoms with Gasteiger partial charge >= 0.3 is 0 Å². The molecule has 0 spiro atoms. The topological polar surface area (TPSA) is 21.3 Å². The Hall–Kier alpha value is -0.0800. The Morgan fingerprint density at radius 1 is 1.07 bits per heavy atom. The SMILES string of the molecule is CCCCC(CC)COCC(CC)NC. The van der Waals surface area contributed by atoms with E-state index in [0.717, 1.165) is 25.6 Å². The second-order valence-electron chi connectivity index (χ2n) is 4.35. The second kappa shape index (κ2) is 10.4. The normalized spacial score (nSPS) is 15.2. The molecule has 0 saturated carbocycles. The van der Waals surface area contributed by atoms with E-state index in [0.29, 0.717) is 6.04 Å². The van der Waals surface area contributed by atoms with Crippen LogP contribution in [0.3, 0.4) is 0 Å². The summed E-state index contributed by atoms with van der Waals surface area (Å²) in [6.07, 6.45) is 6.34. The van der Waals surface area contributed by atoms with Crippen LogP contribution in [0.4, 0.5) is 0 Å². The zero-order valence-corrected chi connectivity index (χ0v) is 11.0. The molecule has 0 heterocycles. The van der Waals surface area contributed by atoms with Gasteiger partial charge in [-0.3, -0.25) is 0 Å². The number of ether oxygens (including phenoxy) is 1. The quantitative estimate of drug-likeness (QED) is 0.604. The molecule has 0 aliphatic rings. The van der Waals surface area contributed by atoms with Crippen LogP contribution in [0.15, 0.2) is 0 Å². The van der Waals surface area contributed by atoms with Crippen LogP contribution in [0.1, 0.15) is 52.9 Å². The third-order valence-corrected chi connectivity index (χ3v) is 3.12. The zero-order valence-electron chi connectivity index (χ0n) is 11.0. The molecule has 0 aromatic carbocycles. The molecule has 0 rings (SSSR count). The highest BCUT2D eigenvalue weighted by atomic mass is 16.5. The first-order valence-electron chi connectivity index (χ1n) is 6.53. The van der Waals surface area contributed by atoms with Gasteiger partial charge in [0, 0.05) is 12.6 Å². The van der Waals surface area contributed by atoms with Crippen molar-refractivity contribution in [3.8, 4) is 0 Å². The number of likely N-dealkylation sites (N-methyl/N-ethyl adjacent to an activating group) is 1. The maximum atomic E-state index is 5.77. The lowest BCUT2D eigenvalue weighted by Gasteiger charge is -2.18. The number of rotatable bonds is 10. The fourth-order valence-corrected chi connectivity index (χ4v) is 1.68. The van der Waals surface area contributed by atoms with Crippen molar-refractivity contribution in [3.63, 3.8) is 0 Å². The predicted molar refractivity (Wildman–Crippen MR) is 67.3 cm³/mol. The highest BCUT2D eigenvalue weighted by Gasteiger charge is 2.08. The van der Waals surface area contributed by atoms with E-state index in [9.17, 15) is 0 Å². The van der Waals surface area contributed by atoms with Crippen molar-refractivity contribution in [1.29, 1.82) is 0 Å². The summed E-state index contributed by atoms with van der Waals surface area (Å²) in [6, 6.07) is 0.522. The van der Waals surface area contributed by atoms with Crippen LogP contribution < -0.4 is 5.32 Å². The van der Waals surface area contributed by atoms with Crippen LogP contribution in [0.5, 0.6) is 0 Å². The molecule has 15 heavy (non-hydrogen) atoms. The first kappa shape index (κ1) is 14.9. The average Bonchev–Trinajstić information content (AvgIpc) is 2.28. The third kappa shape index (κ3) is 7.80. The van der Waals surface area contributed by atoms with Crippen molar-refractivity contribution in [2.24, 2.45) is 5.92 Å². The third-order valence-electron chi connectivity index (χ3n) is 3.12. The molecule has 2 heteroatoms. The van der Waals surface area contributed by atoms with E-state index in [1.54, 1.807) is 0 Å². The van der Waals surface area contributed by atoms with Crippen LogP contribution in [0.25, 0.3) is 0 Å². The van der Waals surface area contributed by atoms with Crippen molar-refractivity contribution in [1.82, 2.24) is 5.32 Å². The van der Waals surface area contributed by atoms with Crippen LogP contribution in [0, 0.1) is 5.92 Å². The first-order valence-corrected chi connectivity index (χ1v) is 6.53. The number of unbranched alkanes of at least 4 members (excludes halogenated alkanes) is 1. The molecule has 0 aliphatic carbocycles. The van der Waals surface area contributed by atoms with Gasteiger partial charge in [0.05, 0.1) is 6.61 Å². The molecule has 92 valence electrons. The maximum absolute atomic E-state index is 5.77. The highest BCUT2D eigenvalue weighted by Crippen LogP contribution is 2.12. The van der Waals surface area contributed by atoms with Crippen molar-refractivity contribution < 1.29 is 4.74 Å². The number of nitrogens with one attached hydrogen (secondary N) is 1. The molecule has 2 nitrogen and oxygen atoms in total. The number of hydrogen-bond donors (Lipinski definition) is 1. The van der Waals surface area contributed by atoms with Gasteiger partial charge in [-0.15, -0.1) is 0 Å². The summed E-state index contributed by atoms with van der Waals surface area (Å²) in [6.45, 7) is 8.50. The molecule has 2 unspecified atom stereocenters. The molecule has 0 aromatic heterocycles. The van der Waals surface area contributed by atoms with Gasteiger partial charge < -0.3 is 10.1 Å². The van der Waals surface area contributed by atoms with E-state index >= 15 is 0 Å². The van der Waals surface area contributed by atoms with Gasteiger partial charge in [0.2, 0.25) is 0 Å². The number of hydrogen-bond acceptors (Lipinski definition) is 2. The molecule has 0 amide bonds. The standard InChI is InChI=1S/C13H29NO/c1-5-8-9-12(6-2)10-15-11-13(7-3)14-4/h12-14H,5-11H2,1-4H3. The van der Waals surface area contributed by atoms with Gasteiger partial charge in [0.25, 0.3) is 0 Å². The smallest absolute Gasteiger partial charge is 0.0619 e. The second-order valence-corrected chi connectivity index (χ2v) is 4.35. The summed E-state index contributed by atoms with van der Waals surface area (Å²) >= 11 is 0. The molecule has 0 saturated heterocycles. The molecular formula is C13H29NO. The van der Waals surface area contributed by atoms with Crippen molar-refractivity contribution in [3.05, 3.63) is 0 Å².